The smallest absolute Gasteiger partial charge is 0.270 e. The van der Waals surface area contributed by atoms with Gasteiger partial charge in [-0.25, -0.2) is 13.1 Å². The van der Waals surface area contributed by atoms with Gasteiger partial charge in [-0.2, -0.15) is 0 Å². The topological polar surface area (TPSA) is 101 Å². The van der Waals surface area contributed by atoms with Crippen molar-refractivity contribution in [2.24, 2.45) is 5.92 Å². The van der Waals surface area contributed by atoms with Gasteiger partial charge in [0, 0.05) is 24.7 Å². The molecule has 7 nitrogen and oxygen atoms in total. The van der Waals surface area contributed by atoms with Crippen molar-refractivity contribution in [3.63, 3.8) is 0 Å². The zero-order valence-electron chi connectivity index (χ0n) is 12.4. The van der Waals surface area contributed by atoms with Gasteiger partial charge in [-0.3, -0.25) is 10.1 Å². The Morgan fingerprint density at radius 2 is 2.09 bits per heavy atom. The molecule has 2 rings (SSSR count). The number of nitro groups is 1. The largest absolute Gasteiger partial charge is 0.315 e. The third kappa shape index (κ3) is 4.16. The molecular weight excluding hydrogens is 330 g/mol. The Kier molecular flexibility index (Phi) is 6.30. The molecular formula is C13H20ClN3O4S. The highest BCUT2D eigenvalue weighted by atomic mass is 35.5. The molecule has 22 heavy (non-hydrogen) atoms. The van der Waals surface area contributed by atoms with E-state index in [-0.39, 0.29) is 34.9 Å². The first-order valence-corrected chi connectivity index (χ1v) is 8.27. The Labute approximate surface area is 136 Å². The molecule has 0 aromatic heterocycles. The molecule has 0 amide bonds. The molecule has 0 saturated carbocycles. The van der Waals surface area contributed by atoms with Gasteiger partial charge in [0.1, 0.15) is 0 Å². The number of piperidine rings is 1. The summed E-state index contributed by atoms with van der Waals surface area (Å²) in [6.45, 7) is 5.05. The second-order valence-corrected chi connectivity index (χ2v) is 7.09. The fourth-order valence-electron chi connectivity index (χ4n) is 2.40. The average Bonchev–Trinajstić information content (AvgIpc) is 2.41. The van der Waals surface area contributed by atoms with E-state index in [1.54, 1.807) is 6.92 Å². The third-order valence-corrected chi connectivity index (χ3v) is 5.44. The summed E-state index contributed by atoms with van der Waals surface area (Å²) in [5.41, 5.74) is 0.264. The first-order chi connectivity index (χ1) is 9.81. The van der Waals surface area contributed by atoms with Crippen molar-refractivity contribution in [1.29, 1.82) is 0 Å². The van der Waals surface area contributed by atoms with E-state index in [2.05, 4.69) is 10.0 Å². The van der Waals surface area contributed by atoms with E-state index >= 15 is 0 Å². The average molecular weight is 350 g/mol. The zero-order valence-corrected chi connectivity index (χ0v) is 14.0. The first kappa shape index (κ1) is 18.8. The van der Waals surface area contributed by atoms with Crippen LogP contribution >= 0.6 is 12.4 Å². The van der Waals surface area contributed by atoms with Crippen LogP contribution in [0.3, 0.4) is 0 Å². The van der Waals surface area contributed by atoms with Crippen LogP contribution in [0.1, 0.15) is 18.9 Å². The van der Waals surface area contributed by atoms with Gasteiger partial charge in [-0.1, -0.05) is 13.0 Å². The number of nitro benzene ring substituents is 1. The van der Waals surface area contributed by atoms with Crippen LogP contribution < -0.4 is 10.0 Å². The minimum atomic E-state index is -3.77. The molecule has 2 atom stereocenters. The van der Waals surface area contributed by atoms with E-state index < -0.39 is 14.9 Å². The number of nitrogens with zero attached hydrogens (tertiary/aromatic N) is 1. The standard InChI is InChI=1S/C13H19N3O4S.ClH/c1-9-5-6-14-8-12(9)15-21(19,20)13-7-11(16(17)18)4-3-10(13)2;/h3-4,7,9,12,14-15H,5-6,8H2,1-2H3;1H. The van der Waals surface area contributed by atoms with Gasteiger partial charge in [0.05, 0.1) is 9.82 Å². The van der Waals surface area contributed by atoms with E-state index in [9.17, 15) is 18.5 Å². The molecule has 1 aliphatic rings. The summed E-state index contributed by atoms with van der Waals surface area (Å²) in [5.74, 6) is 0.222. The molecule has 9 heteroatoms. The fourth-order valence-corrected chi connectivity index (χ4v) is 4.01. The number of benzene rings is 1. The maximum absolute atomic E-state index is 12.5. The summed E-state index contributed by atoms with van der Waals surface area (Å²) in [4.78, 5) is 10.2. The second-order valence-electron chi connectivity index (χ2n) is 5.40. The maximum Gasteiger partial charge on any atom is 0.270 e. The van der Waals surface area contributed by atoms with E-state index in [4.69, 9.17) is 0 Å². The minimum absolute atomic E-state index is 0. The van der Waals surface area contributed by atoms with Gasteiger partial charge >= 0.3 is 0 Å². The van der Waals surface area contributed by atoms with E-state index in [1.165, 1.54) is 12.1 Å². The summed E-state index contributed by atoms with van der Waals surface area (Å²) in [6.07, 6.45) is 0.890. The van der Waals surface area contributed by atoms with Crippen molar-refractivity contribution in [2.45, 2.75) is 31.2 Å². The zero-order chi connectivity index (χ0) is 15.6. The number of non-ortho nitro benzene ring substituents is 1. The summed E-state index contributed by atoms with van der Waals surface area (Å²) in [7, 11) is -3.77. The molecule has 0 bridgehead atoms. The predicted molar refractivity (Wildman–Crippen MR) is 85.8 cm³/mol. The number of aryl methyl sites for hydroxylation is 1. The summed E-state index contributed by atoms with van der Waals surface area (Å²) in [5, 5.41) is 14.0. The third-order valence-electron chi connectivity index (χ3n) is 3.81. The van der Waals surface area contributed by atoms with E-state index in [0.717, 1.165) is 19.0 Å². The number of hydrogen-bond donors (Lipinski definition) is 2. The number of nitrogens with one attached hydrogen (secondary N) is 2. The Bertz CT molecular complexity index is 651. The van der Waals surface area contributed by atoms with Crippen LogP contribution in [-0.4, -0.2) is 32.5 Å². The molecule has 1 fully saturated rings. The van der Waals surface area contributed by atoms with Crippen molar-refractivity contribution < 1.29 is 13.3 Å². The van der Waals surface area contributed by atoms with Gasteiger partial charge in [-0.15, -0.1) is 12.4 Å². The molecule has 1 aliphatic heterocycles. The molecule has 2 unspecified atom stereocenters. The van der Waals surface area contributed by atoms with Crippen LogP contribution in [0.25, 0.3) is 0 Å². The van der Waals surface area contributed by atoms with Gasteiger partial charge in [0.15, 0.2) is 0 Å². The van der Waals surface area contributed by atoms with Crippen LogP contribution in [0.4, 0.5) is 5.69 Å². The maximum atomic E-state index is 12.5. The minimum Gasteiger partial charge on any atom is -0.315 e. The number of hydrogen-bond acceptors (Lipinski definition) is 5. The molecule has 2 N–H and O–H groups in total. The van der Waals surface area contributed by atoms with Gasteiger partial charge in [-0.05, 0) is 31.4 Å². The lowest BCUT2D eigenvalue weighted by atomic mass is 9.96. The fraction of sp³-hybridized carbons (Fsp3) is 0.538. The Morgan fingerprint density at radius 3 is 2.68 bits per heavy atom. The lowest BCUT2D eigenvalue weighted by Gasteiger charge is -2.30. The Morgan fingerprint density at radius 1 is 1.41 bits per heavy atom. The highest BCUT2D eigenvalue weighted by Crippen LogP contribution is 2.23. The molecule has 1 aromatic rings. The summed E-state index contributed by atoms with van der Waals surface area (Å²) < 4.78 is 27.6. The Hall–Kier alpha value is -1.22. The van der Waals surface area contributed by atoms with Gasteiger partial charge in [0.25, 0.3) is 5.69 Å². The molecule has 1 saturated heterocycles. The summed E-state index contributed by atoms with van der Waals surface area (Å²) in [6, 6.07) is 3.66. The predicted octanol–water partition coefficient (Wildman–Crippen LogP) is 1.60. The quantitative estimate of drug-likeness (QED) is 0.635. The molecule has 1 aromatic carbocycles. The molecule has 0 aliphatic carbocycles. The lowest BCUT2D eigenvalue weighted by Crippen LogP contribution is -2.50. The highest BCUT2D eigenvalue weighted by Gasteiger charge is 2.28. The van der Waals surface area contributed by atoms with Gasteiger partial charge < -0.3 is 5.32 Å². The van der Waals surface area contributed by atoms with Crippen LogP contribution in [0.15, 0.2) is 23.1 Å². The van der Waals surface area contributed by atoms with Crippen molar-refractivity contribution in [1.82, 2.24) is 10.0 Å². The number of sulfonamides is 1. The molecule has 124 valence electrons. The lowest BCUT2D eigenvalue weighted by molar-refractivity contribution is -0.385. The van der Waals surface area contributed by atoms with Crippen LogP contribution in [0, 0.1) is 23.0 Å². The highest BCUT2D eigenvalue weighted by molar-refractivity contribution is 7.89. The number of rotatable bonds is 4. The van der Waals surface area contributed by atoms with Gasteiger partial charge in [0.2, 0.25) is 10.0 Å². The summed E-state index contributed by atoms with van der Waals surface area (Å²) >= 11 is 0. The first-order valence-electron chi connectivity index (χ1n) is 6.79. The van der Waals surface area contributed by atoms with Crippen molar-refractivity contribution in [3.8, 4) is 0 Å². The molecule has 0 radical (unpaired) electrons. The van der Waals surface area contributed by atoms with Crippen LogP contribution in [0.2, 0.25) is 0 Å². The molecule has 0 spiro atoms. The Balaban J connectivity index is 0.00000242. The van der Waals surface area contributed by atoms with Crippen LogP contribution in [-0.2, 0) is 10.0 Å². The van der Waals surface area contributed by atoms with Crippen molar-refractivity contribution in [3.05, 3.63) is 33.9 Å². The van der Waals surface area contributed by atoms with Crippen LogP contribution in [0.5, 0.6) is 0 Å². The SMILES string of the molecule is Cc1ccc([N+](=O)[O-])cc1S(=O)(=O)NC1CNCCC1C.Cl. The second kappa shape index (κ2) is 7.36. The van der Waals surface area contributed by atoms with E-state index in [1.807, 2.05) is 6.92 Å². The van der Waals surface area contributed by atoms with E-state index in [0.29, 0.717) is 12.1 Å². The van der Waals surface area contributed by atoms with Crippen molar-refractivity contribution >= 4 is 28.1 Å². The monoisotopic (exact) mass is 349 g/mol. The normalized spacial score (nSPS) is 21.9. The van der Waals surface area contributed by atoms with Crippen molar-refractivity contribution in [2.75, 3.05) is 13.1 Å². The number of halogens is 1. The molecule has 1 heterocycles.